The van der Waals surface area contributed by atoms with E-state index in [9.17, 15) is 0 Å². The highest BCUT2D eigenvalue weighted by atomic mass is 14.4. The van der Waals surface area contributed by atoms with Gasteiger partial charge >= 0.3 is 0 Å². The lowest BCUT2D eigenvalue weighted by Gasteiger charge is -2.44. The van der Waals surface area contributed by atoms with Gasteiger partial charge in [-0.3, -0.25) is 0 Å². The van der Waals surface area contributed by atoms with Crippen LogP contribution in [-0.2, 0) is 0 Å². The van der Waals surface area contributed by atoms with Crippen molar-refractivity contribution in [1.82, 2.24) is 0 Å². The first kappa shape index (κ1) is 18.4. The second-order valence-corrected chi connectivity index (χ2v) is 7.80. The van der Waals surface area contributed by atoms with Crippen LogP contribution in [-0.4, -0.2) is 0 Å². The number of rotatable bonds is 4. The Morgan fingerprint density at radius 1 is 0.367 bits per heavy atom. The van der Waals surface area contributed by atoms with E-state index in [1.165, 1.54) is 33.4 Å². The molecule has 0 spiro atoms. The van der Waals surface area contributed by atoms with Gasteiger partial charge in [-0.2, -0.15) is 0 Å². The number of benzene rings is 4. The summed E-state index contributed by atoms with van der Waals surface area (Å²) >= 11 is 0. The zero-order chi connectivity index (χ0) is 20.2. The van der Waals surface area contributed by atoms with Gasteiger partial charge in [0.1, 0.15) is 0 Å². The van der Waals surface area contributed by atoms with E-state index in [4.69, 9.17) is 0 Å². The molecule has 4 aromatic rings. The Morgan fingerprint density at radius 2 is 0.667 bits per heavy atom. The third-order valence-electron chi connectivity index (χ3n) is 5.90. The summed E-state index contributed by atoms with van der Waals surface area (Å²) in [6, 6.07) is 43.2. The van der Waals surface area contributed by atoms with Gasteiger partial charge in [-0.25, -0.2) is 0 Å². The Hall–Kier alpha value is -3.64. The SMILES string of the molecule is C(=C1/C(=C/c2ccccc2)[C@@H](c2ccccc2)[C@H]1c1ccccc1)/c1ccccc1. The van der Waals surface area contributed by atoms with Crippen molar-refractivity contribution in [3.8, 4) is 0 Å². The summed E-state index contributed by atoms with van der Waals surface area (Å²) in [4.78, 5) is 0. The summed E-state index contributed by atoms with van der Waals surface area (Å²) in [6.07, 6.45) is 4.73. The van der Waals surface area contributed by atoms with Gasteiger partial charge < -0.3 is 0 Å². The van der Waals surface area contributed by atoms with E-state index in [0.29, 0.717) is 11.8 Å². The maximum absolute atomic E-state index is 2.37. The van der Waals surface area contributed by atoms with Gasteiger partial charge in [-0.1, -0.05) is 133 Å². The maximum Gasteiger partial charge on any atom is 0.0202 e. The Kier molecular flexibility index (Phi) is 5.14. The van der Waals surface area contributed by atoms with Crippen molar-refractivity contribution in [1.29, 1.82) is 0 Å². The van der Waals surface area contributed by atoms with E-state index < -0.39 is 0 Å². The van der Waals surface area contributed by atoms with Crippen molar-refractivity contribution in [2.75, 3.05) is 0 Å². The molecule has 30 heavy (non-hydrogen) atoms. The van der Waals surface area contributed by atoms with E-state index in [1.807, 2.05) is 0 Å². The van der Waals surface area contributed by atoms with Crippen molar-refractivity contribution < 1.29 is 0 Å². The third kappa shape index (κ3) is 3.65. The maximum atomic E-state index is 2.37. The highest BCUT2D eigenvalue weighted by Gasteiger charge is 2.42. The zero-order valence-electron chi connectivity index (χ0n) is 16.9. The molecule has 5 rings (SSSR count). The molecule has 0 saturated heterocycles. The fourth-order valence-corrected chi connectivity index (χ4v) is 4.49. The summed E-state index contributed by atoms with van der Waals surface area (Å²) in [5.41, 5.74) is 8.06. The molecule has 0 bridgehead atoms. The van der Waals surface area contributed by atoms with E-state index in [2.05, 4.69) is 133 Å². The lowest BCUT2D eigenvalue weighted by atomic mass is 9.59. The minimum atomic E-state index is 0.351. The standard InChI is InChI=1S/C30H24/c1-5-13-23(14-6-1)21-27-28(22-24-15-7-2-8-16-24)30(26-19-11-4-12-20-26)29(27)25-17-9-3-10-18-25/h1-22,29-30H/b27-21-,28-22+/t29-,30+/m1/s1. The fraction of sp³-hybridized carbons (Fsp3) is 0.0667. The highest BCUT2D eigenvalue weighted by molar-refractivity contribution is 5.77. The van der Waals surface area contributed by atoms with Gasteiger partial charge in [-0.15, -0.1) is 0 Å². The van der Waals surface area contributed by atoms with Crippen LogP contribution in [0.5, 0.6) is 0 Å². The molecule has 0 aliphatic heterocycles. The molecule has 0 unspecified atom stereocenters. The number of hydrogen-bond acceptors (Lipinski definition) is 0. The quantitative estimate of drug-likeness (QED) is 0.338. The van der Waals surface area contributed by atoms with E-state index in [-0.39, 0.29) is 0 Å². The van der Waals surface area contributed by atoms with E-state index in [1.54, 1.807) is 0 Å². The summed E-state index contributed by atoms with van der Waals surface area (Å²) in [5.74, 6) is 0.701. The van der Waals surface area contributed by atoms with Crippen LogP contribution in [0.15, 0.2) is 132 Å². The lowest BCUT2D eigenvalue weighted by molar-refractivity contribution is 0.596. The van der Waals surface area contributed by atoms with Crippen LogP contribution in [0.25, 0.3) is 12.2 Å². The molecule has 1 fully saturated rings. The van der Waals surface area contributed by atoms with Crippen LogP contribution < -0.4 is 0 Å². The predicted molar refractivity (Wildman–Crippen MR) is 127 cm³/mol. The average Bonchev–Trinajstić information content (AvgIpc) is 2.82. The molecule has 1 aliphatic carbocycles. The molecule has 0 heterocycles. The molecular weight excluding hydrogens is 360 g/mol. The van der Waals surface area contributed by atoms with Gasteiger partial charge in [0.15, 0.2) is 0 Å². The summed E-state index contributed by atoms with van der Waals surface area (Å²) < 4.78 is 0. The molecule has 2 atom stereocenters. The smallest absolute Gasteiger partial charge is 0.0202 e. The third-order valence-corrected chi connectivity index (χ3v) is 5.90. The van der Waals surface area contributed by atoms with Gasteiger partial charge in [0.2, 0.25) is 0 Å². The van der Waals surface area contributed by atoms with Crippen LogP contribution in [0.4, 0.5) is 0 Å². The normalized spacial score (nSPS) is 20.8. The van der Waals surface area contributed by atoms with E-state index >= 15 is 0 Å². The topological polar surface area (TPSA) is 0 Å². The van der Waals surface area contributed by atoms with Crippen molar-refractivity contribution in [2.45, 2.75) is 11.8 Å². The molecule has 0 aromatic heterocycles. The van der Waals surface area contributed by atoms with Crippen LogP contribution in [0.3, 0.4) is 0 Å². The average molecular weight is 385 g/mol. The molecule has 1 aliphatic rings. The molecule has 0 amide bonds. The molecule has 0 N–H and O–H groups in total. The highest BCUT2D eigenvalue weighted by Crippen LogP contribution is 2.58. The first-order valence-electron chi connectivity index (χ1n) is 10.5. The number of hydrogen-bond donors (Lipinski definition) is 0. The second-order valence-electron chi connectivity index (χ2n) is 7.80. The van der Waals surface area contributed by atoms with Crippen molar-refractivity contribution >= 4 is 12.2 Å². The molecule has 0 heteroatoms. The fourth-order valence-electron chi connectivity index (χ4n) is 4.49. The Morgan fingerprint density at radius 3 is 1.00 bits per heavy atom. The molecule has 4 aromatic carbocycles. The van der Waals surface area contributed by atoms with Crippen LogP contribution >= 0.6 is 0 Å². The van der Waals surface area contributed by atoms with Crippen molar-refractivity contribution in [3.05, 3.63) is 155 Å². The molecule has 144 valence electrons. The van der Waals surface area contributed by atoms with Crippen LogP contribution in [0.2, 0.25) is 0 Å². The first-order valence-corrected chi connectivity index (χ1v) is 10.5. The van der Waals surface area contributed by atoms with Gasteiger partial charge in [0.05, 0.1) is 0 Å². The lowest BCUT2D eigenvalue weighted by Crippen LogP contribution is -2.28. The Balaban J connectivity index is 1.68. The van der Waals surface area contributed by atoms with Crippen LogP contribution in [0.1, 0.15) is 34.1 Å². The van der Waals surface area contributed by atoms with Gasteiger partial charge in [-0.05, 0) is 33.4 Å². The van der Waals surface area contributed by atoms with Gasteiger partial charge in [0.25, 0.3) is 0 Å². The Bertz CT molecular complexity index is 1060. The minimum Gasteiger partial charge on any atom is -0.0622 e. The first-order chi connectivity index (χ1) is 14.9. The monoisotopic (exact) mass is 384 g/mol. The minimum absolute atomic E-state index is 0.351. The molecule has 0 radical (unpaired) electrons. The van der Waals surface area contributed by atoms with Crippen LogP contribution in [0, 0.1) is 0 Å². The predicted octanol–water partition coefficient (Wildman–Crippen LogP) is 7.73. The summed E-state index contributed by atoms with van der Waals surface area (Å²) in [5, 5.41) is 0. The second kappa shape index (κ2) is 8.39. The molecular formula is C30H24. The molecule has 0 nitrogen and oxygen atoms in total. The summed E-state index contributed by atoms with van der Waals surface area (Å²) in [7, 11) is 0. The molecule has 1 saturated carbocycles. The van der Waals surface area contributed by atoms with Crippen molar-refractivity contribution in [3.63, 3.8) is 0 Å². The zero-order valence-corrected chi connectivity index (χ0v) is 16.9. The largest absolute Gasteiger partial charge is 0.0622 e. The Labute approximate surface area is 178 Å². The van der Waals surface area contributed by atoms with E-state index in [0.717, 1.165) is 0 Å². The van der Waals surface area contributed by atoms with Gasteiger partial charge in [0, 0.05) is 11.8 Å². The summed E-state index contributed by atoms with van der Waals surface area (Å²) in [6.45, 7) is 0. The number of allylic oxidation sites excluding steroid dienone is 2. The van der Waals surface area contributed by atoms with Crippen molar-refractivity contribution in [2.24, 2.45) is 0 Å².